The summed E-state index contributed by atoms with van der Waals surface area (Å²) in [7, 11) is 1.78. The molecule has 3 aromatic rings. The first-order valence-electron chi connectivity index (χ1n) is 9.64. The maximum atomic E-state index is 11.7. The van der Waals surface area contributed by atoms with Crippen molar-refractivity contribution in [2.45, 2.75) is 44.1 Å². The largest absolute Gasteiger partial charge is 0.347 e. The molecule has 0 radical (unpaired) electrons. The Morgan fingerprint density at radius 2 is 1.85 bits per heavy atom. The van der Waals surface area contributed by atoms with Gasteiger partial charge < -0.3 is 0 Å². The Morgan fingerprint density at radius 1 is 1.04 bits per heavy atom. The summed E-state index contributed by atoms with van der Waals surface area (Å²) >= 11 is 0. The third-order valence-electron chi connectivity index (χ3n) is 5.81. The van der Waals surface area contributed by atoms with Crippen LogP contribution in [-0.2, 0) is 13.6 Å². The van der Waals surface area contributed by atoms with E-state index < -0.39 is 0 Å². The quantitative estimate of drug-likeness (QED) is 0.697. The molecule has 1 aliphatic heterocycles. The number of rotatable bonds is 4. The summed E-state index contributed by atoms with van der Waals surface area (Å²) < 4.78 is 3.59. The second-order valence-corrected chi connectivity index (χ2v) is 7.69. The Kier molecular flexibility index (Phi) is 4.00. The van der Waals surface area contributed by atoms with Crippen molar-refractivity contribution in [3.05, 3.63) is 52.1 Å². The van der Waals surface area contributed by atoms with E-state index >= 15 is 0 Å². The fourth-order valence-corrected chi connectivity index (χ4v) is 3.92. The number of hydrogen-bond donors (Lipinski definition) is 0. The number of likely N-dealkylation sites (tertiary alicyclic amines) is 1. The van der Waals surface area contributed by atoms with Gasteiger partial charge in [0.15, 0.2) is 11.5 Å². The van der Waals surface area contributed by atoms with Gasteiger partial charge in [-0.15, -0.1) is 10.2 Å². The van der Waals surface area contributed by atoms with Crippen molar-refractivity contribution in [3.8, 4) is 0 Å². The summed E-state index contributed by atoms with van der Waals surface area (Å²) in [5.41, 5.74) is 2.80. The zero-order valence-corrected chi connectivity index (χ0v) is 15.5. The van der Waals surface area contributed by atoms with E-state index in [0.29, 0.717) is 11.8 Å². The van der Waals surface area contributed by atoms with Crippen LogP contribution in [0.3, 0.4) is 0 Å². The molecule has 140 valence electrons. The first-order valence-corrected chi connectivity index (χ1v) is 9.64. The van der Waals surface area contributed by atoms with Crippen molar-refractivity contribution >= 4 is 5.65 Å². The smallest absolute Gasteiger partial charge is 0.298 e. The molecular weight excluding hydrogens is 342 g/mol. The Hall–Kier alpha value is -2.61. The summed E-state index contributed by atoms with van der Waals surface area (Å²) in [6, 6.07) is 6.05. The molecule has 4 heterocycles. The molecule has 0 aromatic carbocycles. The van der Waals surface area contributed by atoms with Crippen molar-refractivity contribution in [2.24, 2.45) is 7.05 Å². The van der Waals surface area contributed by atoms with Gasteiger partial charge in [-0.1, -0.05) is 0 Å². The summed E-state index contributed by atoms with van der Waals surface area (Å²) in [6.45, 7) is 2.71. The van der Waals surface area contributed by atoms with Crippen LogP contribution in [0.4, 0.5) is 0 Å². The van der Waals surface area contributed by atoms with Crippen LogP contribution >= 0.6 is 0 Å². The topological polar surface area (TPSA) is 81.2 Å². The molecule has 8 heteroatoms. The zero-order chi connectivity index (χ0) is 18.4. The van der Waals surface area contributed by atoms with Crippen LogP contribution in [0, 0.1) is 0 Å². The molecule has 8 nitrogen and oxygen atoms in total. The zero-order valence-electron chi connectivity index (χ0n) is 15.5. The Morgan fingerprint density at radius 3 is 2.63 bits per heavy atom. The molecule has 5 rings (SSSR count). The lowest BCUT2D eigenvalue weighted by molar-refractivity contribution is 0.196. The van der Waals surface area contributed by atoms with Crippen molar-refractivity contribution in [1.82, 2.24) is 34.3 Å². The van der Waals surface area contributed by atoms with Crippen LogP contribution in [0.5, 0.6) is 0 Å². The van der Waals surface area contributed by atoms with Crippen molar-refractivity contribution in [1.29, 1.82) is 0 Å². The van der Waals surface area contributed by atoms with Gasteiger partial charge in [-0.3, -0.25) is 9.47 Å². The molecule has 1 saturated heterocycles. The highest BCUT2D eigenvalue weighted by Crippen LogP contribution is 2.39. The molecule has 0 amide bonds. The van der Waals surface area contributed by atoms with Crippen LogP contribution < -0.4 is 5.69 Å². The molecule has 27 heavy (non-hydrogen) atoms. The highest BCUT2D eigenvalue weighted by atomic mass is 16.1. The summed E-state index contributed by atoms with van der Waals surface area (Å²) in [5.74, 6) is 1.99. The second kappa shape index (κ2) is 6.53. The average molecular weight is 365 g/mol. The second-order valence-electron chi connectivity index (χ2n) is 7.69. The predicted octanol–water partition coefficient (Wildman–Crippen LogP) is 1.48. The minimum absolute atomic E-state index is 0.199. The predicted molar refractivity (Wildman–Crippen MR) is 99.5 cm³/mol. The van der Waals surface area contributed by atoms with Crippen LogP contribution in [0.1, 0.15) is 54.7 Å². The number of aromatic nitrogens is 6. The minimum atomic E-state index is -0.199. The molecule has 1 saturated carbocycles. The first kappa shape index (κ1) is 16.6. The van der Waals surface area contributed by atoms with Gasteiger partial charge in [-0.2, -0.15) is 9.61 Å². The molecule has 0 spiro atoms. The average Bonchev–Trinajstić information content (AvgIpc) is 3.46. The normalized spacial score (nSPS) is 19.0. The van der Waals surface area contributed by atoms with Crippen molar-refractivity contribution in [3.63, 3.8) is 0 Å². The molecule has 2 fully saturated rings. The maximum Gasteiger partial charge on any atom is 0.347 e. The molecule has 2 aliphatic rings. The Balaban J connectivity index is 1.30. The monoisotopic (exact) mass is 365 g/mol. The molecule has 0 N–H and O–H groups in total. The lowest BCUT2D eigenvalue weighted by atomic mass is 9.96. The van der Waals surface area contributed by atoms with Gasteiger partial charge in [0.1, 0.15) is 0 Å². The summed E-state index contributed by atoms with van der Waals surface area (Å²) in [4.78, 5) is 17.9. The molecule has 3 aromatic heterocycles. The fourth-order valence-electron chi connectivity index (χ4n) is 3.92. The summed E-state index contributed by atoms with van der Waals surface area (Å²) in [5, 5.41) is 13.6. The molecule has 0 unspecified atom stereocenters. The SMILES string of the molecule is Cn1c(CN2CCC(c3nnc4ccc(C5CC5)nn34)CC2)ccnc1=O. The van der Waals surface area contributed by atoms with E-state index in [-0.39, 0.29) is 5.69 Å². The summed E-state index contributed by atoms with van der Waals surface area (Å²) in [6.07, 6.45) is 6.12. The van der Waals surface area contributed by atoms with Gasteiger partial charge in [0.25, 0.3) is 0 Å². The van der Waals surface area contributed by atoms with Crippen LogP contribution in [-0.4, -0.2) is 47.4 Å². The number of piperidine rings is 1. The van der Waals surface area contributed by atoms with E-state index in [1.807, 2.05) is 16.6 Å². The maximum absolute atomic E-state index is 11.7. The van der Waals surface area contributed by atoms with Crippen LogP contribution in [0.2, 0.25) is 0 Å². The van der Waals surface area contributed by atoms with Gasteiger partial charge >= 0.3 is 5.69 Å². The van der Waals surface area contributed by atoms with Crippen molar-refractivity contribution < 1.29 is 0 Å². The van der Waals surface area contributed by atoms with E-state index in [1.54, 1.807) is 17.8 Å². The van der Waals surface area contributed by atoms with Gasteiger partial charge in [-0.05, 0) is 57.0 Å². The van der Waals surface area contributed by atoms with Crippen molar-refractivity contribution in [2.75, 3.05) is 13.1 Å². The molecule has 0 atom stereocenters. The minimum Gasteiger partial charge on any atom is -0.298 e. The third kappa shape index (κ3) is 3.14. The Bertz CT molecular complexity index is 1030. The molecule has 0 bridgehead atoms. The van der Waals surface area contributed by atoms with Gasteiger partial charge in [0, 0.05) is 37.3 Å². The first-order chi connectivity index (χ1) is 13.2. The van der Waals surface area contributed by atoms with Crippen LogP contribution in [0.25, 0.3) is 5.65 Å². The molecule has 1 aliphatic carbocycles. The Labute approximate surface area is 156 Å². The lowest BCUT2D eigenvalue weighted by Crippen LogP contribution is -2.35. The van der Waals surface area contributed by atoms with E-state index in [4.69, 9.17) is 5.10 Å². The number of fused-ring (bicyclic) bond motifs is 1. The highest BCUT2D eigenvalue weighted by Gasteiger charge is 2.28. The van der Waals surface area contributed by atoms with E-state index in [9.17, 15) is 4.79 Å². The van der Waals surface area contributed by atoms with E-state index in [2.05, 4.69) is 26.1 Å². The fraction of sp³-hybridized carbons (Fsp3) is 0.526. The van der Waals surface area contributed by atoms with Gasteiger partial charge in [-0.25, -0.2) is 9.78 Å². The van der Waals surface area contributed by atoms with Gasteiger partial charge in [0.2, 0.25) is 0 Å². The van der Waals surface area contributed by atoms with Crippen LogP contribution in [0.15, 0.2) is 29.2 Å². The van der Waals surface area contributed by atoms with Gasteiger partial charge in [0.05, 0.1) is 5.69 Å². The standard InChI is InChI=1S/C19H23N7O/c1-24-15(6-9-20-19(24)27)12-25-10-7-14(8-11-25)18-22-21-17-5-4-16(13-2-3-13)23-26(17)18/h4-6,9,13-14H,2-3,7-8,10-12H2,1H3. The van der Waals surface area contributed by atoms with E-state index in [0.717, 1.165) is 49.6 Å². The third-order valence-corrected chi connectivity index (χ3v) is 5.81. The lowest BCUT2D eigenvalue weighted by Gasteiger charge is -2.31. The number of nitrogens with zero attached hydrogens (tertiary/aromatic N) is 7. The van der Waals surface area contributed by atoms with E-state index in [1.165, 1.54) is 18.5 Å². The highest BCUT2D eigenvalue weighted by molar-refractivity contribution is 5.38. The molecular formula is C19H23N7O. The number of hydrogen-bond acceptors (Lipinski definition) is 6.